The lowest BCUT2D eigenvalue weighted by atomic mass is 10.2. The molecule has 2 aromatic heterocycles. The van der Waals surface area contributed by atoms with Gasteiger partial charge >= 0.3 is 0 Å². The molecule has 0 fully saturated rings. The SMILES string of the molecule is Cc1nc(SC(C)C(=O)Nc2ccnn2C(C)C)c2ccccc2n1. The summed E-state index contributed by atoms with van der Waals surface area (Å²) in [4.78, 5) is 21.6. The summed E-state index contributed by atoms with van der Waals surface area (Å²) < 4.78 is 1.79. The number of aryl methyl sites for hydroxylation is 1. The van der Waals surface area contributed by atoms with Gasteiger partial charge in [-0.05, 0) is 33.8 Å². The maximum Gasteiger partial charge on any atom is 0.238 e. The molecule has 0 spiro atoms. The van der Waals surface area contributed by atoms with E-state index in [2.05, 4.69) is 20.4 Å². The van der Waals surface area contributed by atoms with E-state index in [-0.39, 0.29) is 17.2 Å². The highest BCUT2D eigenvalue weighted by Gasteiger charge is 2.19. The van der Waals surface area contributed by atoms with Crippen molar-refractivity contribution in [1.82, 2.24) is 19.7 Å². The first-order valence-corrected chi connectivity index (χ1v) is 9.08. The molecule has 130 valence electrons. The molecule has 0 bridgehead atoms. The highest BCUT2D eigenvalue weighted by Crippen LogP contribution is 2.29. The smallest absolute Gasteiger partial charge is 0.238 e. The van der Waals surface area contributed by atoms with Gasteiger partial charge < -0.3 is 5.32 Å². The summed E-state index contributed by atoms with van der Waals surface area (Å²) in [7, 11) is 0. The number of para-hydroxylation sites is 1. The Hall–Kier alpha value is -2.41. The van der Waals surface area contributed by atoms with Crippen LogP contribution in [0.3, 0.4) is 0 Å². The van der Waals surface area contributed by atoms with E-state index < -0.39 is 0 Å². The van der Waals surface area contributed by atoms with Crippen LogP contribution in [0, 0.1) is 6.92 Å². The van der Waals surface area contributed by atoms with Crippen LogP contribution in [0.25, 0.3) is 10.9 Å². The van der Waals surface area contributed by atoms with Crippen LogP contribution >= 0.6 is 11.8 Å². The van der Waals surface area contributed by atoms with Gasteiger partial charge in [-0.25, -0.2) is 14.6 Å². The Balaban J connectivity index is 1.79. The maximum absolute atomic E-state index is 12.6. The number of benzene rings is 1. The number of carbonyl (C=O) groups excluding carboxylic acids is 1. The summed E-state index contributed by atoms with van der Waals surface area (Å²) in [5, 5.41) is 8.68. The van der Waals surface area contributed by atoms with Crippen LogP contribution in [0.4, 0.5) is 5.82 Å². The van der Waals surface area contributed by atoms with Crippen molar-refractivity contribution < 1.29 is 4.79 Å². The summed E-state index contributed by atoms with van der Waals surface area (Å²) in [6.45, 7) is 7.79. The summed E-state index contributed by atoms with van der Waals surface area (Å²) in [5.41, 5.74) is 0.892. The van der Waals surface area contributed by atoms with E-state index in [1.54, 1.807) is 16.9 Å². The fourth-order valence-electron chi connectivity index (χ4n) is 2.52. The van der Waals surface area contributed by atoms with Crippen LogP contribution in [-0.4, -0.2) is 30.9 Å². The summed E-state index contributed by atoms with van der Waals surface area (Å²) in [6.07, 6.45) is 1.69. The Morgan fingerprint density at radius 3 is 2.68 bits per heavy atom. The van der Waals surface area contributed by atoms with E-state index in [1.807, 2.05) is 52.0 Å². The third kappa shape index (κ3) is 3.82. The Kier molecular flexibility index (Phi) is 5.03. The molecule has 3 rings (SSSR count). The van der Waals surface area contributed by atoms with Crippen molar-refractivity contribution in [2.75, 3.05) is 5.32 Å². The topological polar surface area (TPSA) is 72.7 Å². The number of nitrogens with one attached hydrogen (secondary N) is 1. The normalized spacial score (nSPS) is 12.5. The lowest BCUT2D eigenvalue weighted by Gasteiger charge is -2.15. The predicted molar refractivity (Wildman–Crippen MR) is 101 cm³/mol. The van der Waals surface area contributed by atoms with Crippen LogP contribution < -0.4 is 5.32 Å². The lowest BCUT2D eigenvalue weighted by Crippen LogP contribution is -2.24. The number of fused-ring (bicyclic) bond motifs is 1. The molecule has 1 unspecified atom stereocenters. The molecule has 2 heterocycles. The minimum atomic E-state index is -0.298. The number of rotatable bonds is 5. The number of anilines is 1. The number of hydrogen-bond donors (Lipinski definition) is 1. The van der Waals surface area contributed by atoms with Crippen molar-refractivity contribution >= 4 is 34.4 Å². The van der Waals surface area contributed by atoms with Gasteiger partial charge in [-0.1, -0.05) is 30.0 Å². The number of thioether (sulfide) groups is 1. The van der Waals surface area contributed by atoms with Gasteiger partial charge in [-0.3, -0.25) is 4.79 Å². The molecule has 1 aromatic carbocycles. The number of amides is 1. The van der Waals surface area contributed by atoms with Gasteiger partial charge in [0.2, 0.25) is 5.91 Å². The van der Waals surface area contributed by atoms with E-state index in [1.165, 1.54) is 11.8 Å². The van der Waals surface area contributed by atoms with Crippen LogP contribution in [0.5, 0.6) is 0 Å². The van der Waals surface area contributed by atoms with Crippen molar-refractivity contribution in [3.05, 3.63) is 42.4 Å². The Bertz CT molecular complexity index is 905. The third-order valence-corrected chi connectivity index (χ3v) is 4.85. The summed E-state index contributed by atoms with van der Waals surface area (Å²) >= 11 is 1.44. The second-order valence-corrected chi connectivity index (χ2v) is 7.43. The molecule has 1 atom stereocenters. The standard InChI is InChI=1S/C18H21N5OS/c1-11(2)23-16(9-10-19-23)22-17(24)12(3)25-18-14-7-5-6-8-15(14)20-13(4)21-18/h5-12H,1-4H3,(H,22,24). The van der Waals surface area contributed by atoms with Crippen molar-refractivity contribution in [2.24, 2.45) is 0 Å². The molecule has 3 aromatic rings. The zero-order valence-electron chi connectivity index (χ0n) is 14.7. The van der Waals surface area contributed by atoms with Crippen LogP contribution in [0.15, 0.2) is 41.6 Å². The average molecular weight is 355 g/mol. The van der Waals surface area contributed by atoms with Gasteiger partial charge in [0, 0.05) is 17.5 Å². The summed E-state index contributed by atoms with van der Waals surface area (Å²) in [6, 6.07) is 9.83. The first-order valence-electron chi connectivity index (χ1n) is 8.20. The van der Waals surface area contributed by atoms with Crippen LogP contribution in [-0.2, 0) is 4.79 Å². The Labute approximate surface area is 151 Å². The molecule has 0 radical (unpaired) electrons. The molecular formula is C18H21N5OS. The second kappa shape index (κ2) is 7.23. The van der Waals surface area contributed by atoms with Gasteiger partial charge in [0.15, 0.2) is 0 Å². The van der Waals surface area contributed by atoms with Crippen LogP contribution in [0.1, 0.15) is 32.6 Å². The fourth-order valence-corrected chi connectivity index (χ4v) is 3.51. The molecule has 25 heavy (non-hydrogen) atoms. The van der Waals surface area contributed by atoms with E-state index in [4.69, 9.17) is 0 Å². The quantitative estimate of drug-likeness (QED) is 0.556. The fraction of sp³-hybridized carbons (Fsp3) is 0.333. The molecule has 0 saturated heterocycles. The predicted octanol–water partition coefficient (Wildman–Crippen LogP) is 3.83. The number of aromatic nitrogens is 4. The molecule has 6 nitrogen and oxygen atoms in total. The Morgan fingerprint density at radius 1 is 1.16 bits per heavy atom. The zero-order valence-corrected chi connectivity index (χ0v) is 15.5. The minimum absolute atomic E-state index is 0.0762. The minimum Gasteiger partial charge on any atom is -0.310 e. The zero-order chi connectivity index (χ0) is 18.0. The number of nitrogens with zero attached hydrogens (tertiary/aromatic N) is 4. The molecule has 1 amide bonds. The maximum atomic E-state index is 12.6. The van der Waals surface area contributed by atoms with Crippen molar-refractivity contribution in [2.45, 2.75) is 44.0 Å². The van der Waals surface area contributed by atoms with E-state index in [0.29, 0.717) is 11.6 Å². The largest absolute Gasteiger partial charge is 0.310 e. The number of carbonyl (C=O) groups is 1. The van der Waals surface area contributed by atoms with Crippen molar-refractivity contribution in [1.29, 1.82) is 0 Å². The van der Waals surface area contributed by atoms with Gasteiger partial charge in [0.25, 0.3) is 0 Å². The lowest BCUT2D eigenvalue weighted by molar-refractivity contribution is -0.115. The summed E-state index contributed by atoms with van der Waals surface area (Å²) in [5.74, 6) is 1.33. The van der Waals surface area contributed by atoms with Crippen molar-refractivity contribution in [3.63, 3.8) is 0 Å². The Morgan fingerprint density at radius 2 is 1.92 bits per heavy atom. The third-order valence-electron chi connectivity index (χ3n) is 3.75. The second-order valence-electron chi connectivity index (χ2n) is 6.10. The van der Waals surface area contributed by atoms with Crippen LogP contribution in [0.2, 0.25) is 0 Å². The van der Waals surface area contributed by atoms with Gasteiger partial charge in [-0.2, -0.15) is 5.10 Å². The molecule has 7 heteroatoms. The molecular weight excluding hydrogens is 334 g/mol. The molecule has 1 N–H and O–H groups in total. The first kappa shape index (κ1) is 17.4. The molecule has 0 aliphatic rings. The van der Waals surface area contributed by atoms with Gasteiger partial charge in [0.1, 0.15) is 16.7 Å². The van der Waals surface area contributed by atoms with E-state index in [9.17, 15) is 4.79 Å². The van der Waals surface area contributed by atoms with E-state index in [0.717, 1.165) is 15.9 Å². The van der Waals surface area contributed by atoms with Gasteiger partial charge in [0.05, 0.1) is 17.0 Å². The highest BCUT2D eigenvalue weighted by atomic mass is 32.2. The van der Waals surface area contributed by atoms with E-state index >= 15 is 0 Å². The monoisotopic (exact) mass is 355 g/mol. The average Bonchev–Trinajstić information content (AvgIpc) is 3.03. The molecule has 0 aliphatic heterocycles. The first-order chi connectivity index (χ1) is 12.0. The molecule has 0 aliphatic carbocycles. The van der Waals surface area contributed by atoms with Gasteiger partial charge in [-0.15, -0.1) is 0 Å². The number of hydrogen-bond acceptors (Lipinski definition) is 5. The van der Waals surface area contributed by atoms with Crippen molar-refractivity contribution in [3.8, 4) is 0 Å². The molecule has 0 saturated carbocycles. The highest BCUT2D eigenvalue weighted by molar-refractivity contribution is 8.00.